The second-order valence-electron chi connectivity index (χ2n) is 10.3. The number of nitrogens with two attached hydrogens (primary N) is 1. The first-order chi connectivity index (χ1) is 21.9. The molecule has 0 saturated carbocycles. The zero-order valence-electron chi connectivity index (χ0n) is 25.7. The van der Waals surface area contributed by atoms with E-state index in [1.54, 1.807) is 12.1 Å². The third-order valence-corrected chi connectivity index (χ3v) is 6.81. The van der Waals surface area contributed by atoms with Gasteiger partial charge >= 0.3 is 17.6 Å². The molecule has 2 aromatic carbocycles. The highest BCUT2D eigenvalue weighted by Gasteiger charge is 2.20. The van der Waals surface area contributed by atoms with Crippen LogP contribution < -0.4 is 26.4 Å². The van der Waals surface area contributed by atoms with Crippen molar-refractivity contribution in [2.75, 3.05) is 57.3 Å². The largest absolute Gasteiger partial charge is 0.494 e. The van der Waals surface area contributed by atoms with Crippen molar-refractivity contribution >= 4 is 52.1 Å². The smallest absolute Gasteiger partial charge is 0.338 e. The molecule has 3 N–H and O–H groups in total. The van der Waals surface area contributed by atoms with Gasteiger partial charge in [0.1, 0.15) is 11.6 Å². The number of anilines is 4. The van der Waals surface area contributed by atoms with Crippen molar-refractivity contribution in [2.24, 2.45) is 0 Å². The lowest BCUT2D eigenvalue weighted by molar-refractivity contribution is -0.152. The summed E-state index contributed by atoms with van der Waals surface area (Å²) in [4.78, 5) is 49.5. The van der Waals surface area contributed by atoms with Crippen molar-refractivity contribution in [3.8, 4) is 11.6 Å². The van der Waals surface area contributed by atoms with E-state index in [0.717, 1.165) is 40.1 Å². The number of fused-ring (bicyclic) bond motifs is 1. The normalized spacial score (nSPS) is 11.4. The Morgan fingerprint density at radius 2 is 1.87 bits per heavy atom. The Morgan fingerprint density at radius 3 is 2.54 bits per heavy atom. The number of esters is 2. The van der Waals surface area contributed by atoms with Gasteiger partial charge in [-0.2, -0.15) is 4.98 Å². The van der Waals surface area contributed by atoms with Gasteiger partial charge in [0.15, 0.2) is 0 Å². The molecule has 0 spiro atoms. The van der Waals surface area contributed by atoms with Crippen molar-refractivity contribution in [1.29, 1.82) is 0 Å². The zero-order valence-corrected chi connectivity index (χ0v) is 25.7. The maximum atomic E-state index is 13.5. The van der Waals surface area contributed by atoms with Crippen LogP contribution in [0, 0.1) is 0 Å². The maximum Gasteiger partial charge on any atom is 0.338 e. The molecular formula is C31H34F2N8O5. The molecule has 2 heterocycles. The molecule has 0 amide bonds. The topological polar surface area (TPSA) is 150 Å². The Kier molecular flexibility index (Phi) is 10.5. The van der Waals surface area contributed by atoms with Crippen molar-refractivity contribution in [2.45, 2.75) is 13.0 Å². The number of aromatic nitrogens is 4. The molecule has 0 aliphatic rings. The average Bonchev–Trinajstić information content (AvgIpc) is 3.28. The maximum absolute atomic E-state index is 13.5. The number of rotatable bonds is 13. The number of benzene rings is 2. The third-order valence-electron chi connectivity index (χ3n) is 6.81. The van der Waals surface area contributed by atoms with Crippen molar-refractivity contribution in [3.05, 3.63) is 77.4 Å². The van der Waals surface area contributed by atoms with Crippen molar-refractivity contribution < 1.29 is 27.8 Å². The minimum absolute atomic E-state index is 0.0799. The third kappa shape index (κ3) is 7.74. The summed E-state index contributed by atoms with van der Waals surface area (Å²) in [5, 5.41) is 3.07. The fourth-order valence-electron chi connectivity index (χ4n) is 4.56. The molecular weight excluding hydrogens is 602 g/mol. The number of carbonyl (C=O) groups excluding carboxylic acids is 2. The van der Waals surface area contributed by atoms with E-state index in [4.69, 9.17) is 10.5 Å². The minimum Gasteiger partial charge on any atom is -0.494 e. The standard InChI is InChI=1S/C31H34F2N8O5/c1-6-28(42)46-29(43)10-8-19-7-9-22-24(15-19)41(31(44)40(22)18-26(32)33)27-11-12-35-30(37-27)36-21-16-20(34)23(17-25(21)45-5)39(4)14-13-38(2)3/h6-12,15-17,26H,1,13-14,18,34H2,2-5H3,(H,35,36,37)/b10-8+. The van der Waals surface area contributed by atoms with Crippen LogP contribution >= 0.6 is 0 Å². The number of nitrogens with one attached hydrogen (secondary N) is 1. The van der Waals surface area contributed by atoms with Crippen LogP contribution in [0.15, 0.2) is 66.1 Å². The monoisotopic (exact) mass is 636 g/mol. The van der Waals surface area contributed by atoms with E-state index < -0.39 is 30.6 Å². The highest BCUT2D eigenvalue weighted by Crippen LogP contribution is 2.36. The number of ether oxygens (including phenoxy) is 2. The van der Waals surface area contributed by atoms with E-state index in [9.17, 15) is 23.2 Å². The molecule has 15 heteroatoms. The number of halogens is 2. The predicted molar refractivity (Wildman–Crippen MR) is 172 cm³/mol. The lowest BCUT2D eigenvalue weighted by Crippen LogP contribution is -2.29. The zero-order chi connectivity index (χ0) is 33.5. The van der Waals surface area contributed by atoms with Gasteiger partial charge in [0, 0.05) is 50.6 Å². The quantitative estimate of drug-likeness (QED) is 0.0962. The molecule has 0 fully saturated rings. The number of hydrogen-bond donors (Lipinski definition) is 2. The fourth-order valence-corrected chi connectivity index (χ4v) is 4.56. The molecule has 0 radical (unpaired) electrons. The number of methoxy groups -OCH3 is 1. The van der Waals surface area contributed by atoms with Crippen LogP contribution in [-0.4, -0.2) is 83.7 Å². The molecule has 0 aliphatic heterocycles. The highest BCUT2D eigenvalue weighted by molar-refractivity contribution is 5.98. The van der Waals surface area contributed by atoms with Gasteiger partial charge in [-0.05, 0) is 43.9 Å². The second-order valence-corrected chi connectivity index (χ2v) is 10.3. The molecule has 0 atom stereocenters. The molecule has 2 aromatic heterocycles. The number of imidazole rings is 1. The number of likely N-dealkylation sites (N-methyl/N-ethyl adjacent to an activating group) is 2. The van der Waals surface area contributed by atoms with Gasteiger partial charge in [-0.15, -0.1) is 0 Å². The Bertz CT molecular complexity index is 1850. The van der Waals surface area contributed by atoms with Gasteiger partial charge in [0.05, 0.1) is 41.8 Å². The minimum atomic E-state index is -2.81. The predicted octanol–water partition coefficient (Wildman–Crippen LogP) is 3.45. The van der Waals surface area contributed by atoms with E-state index in [0.29, 0.717) is 22.7 Å². The van der Waals surface area contributed by atoms with E-state index in [-0.39, 0.29) is 22.8 Å². The summed E-state index contributed by atoms with van der Waals surface area (Å²) in [6, 6.07) is 9.44. The van der Waals surface area contributed by atoms with Crippen LogP contribution in [0.1, 0.15) is 5.56 Å². The molecule has 0 aliphatic carbocycles. The van der Waals surface area contributed by atoms with Gasteiger partial charge in [0.2, 0.25) is 5.95 Å². The van der Waals surface area contributed by atoms with Crippen molar-refractivity contribution in [3.63, 3.8) is 0 Å². The fraction of sp³-hybridized carbons (Fsp3) is 0.258. The summed E-state index contributed by atoms with van der Waals surface area (Å²) in [6.07, 6.45) is 1.81. The number of nitrogens with zero attached hydrogens (tertiary/aromatic N) is 6. The first kappa shape index (κ1) is 33.3. The Hall–Kier alpha value is -5.57. The van der Waals surface area contributed by atoms with Crippen LogP contribution in [0.5, 0.6) is 5.75 Å². The first-order valence-corrected chi connectivity index (χ1v) is 13.9. The summed E-state index contributed by atoms with van der Waals surface area (Å²) in [5.74, 6) is -1.22. The number of nitrogen functional groups attached to an aromatic ring is 1. The summed E-state index contributed by atoms with van der Waals surface area (Å²) >= 11 is 0. The second kappa shape index (κ2) is 14.5. The molecule has 242 valence electrons. The molecule has 4 rings (SSSR count). The Balaban J connectivity index is 1.73. The van der Waals surface area contributed by atoms with Gasteiger partial charge in [-0.25, -0.2) is 32.7 Å². The molecule has 0 saturated heterocycles. The van der Waals surface area contributed by atoms with Gasteiger partial charge in [-0.3, -0.25) is 4.57 Å². The van der Waals surface area contributed by atoms with Gasteiger partial charge < -0.3 is 30.3 Å². The van der Waals surface area contributed by atoms with Crippen LogP contribution in [0.3, 0.4) is 0 Å². The van der Waals surface area contributed by atoms with Gasteiger partial charge in [-0.1, -0.05) is 12.6 Å². The number of hydrogen-bond acceptors (Lipinski definition) is 11. The molecule has 0 bridgehead atoms. The molecule has 0 unspecified atom stereocenters. The number of alkyl halides is 2. The summed E-state index contributed by atoms with van der Waals surface area (Å²) < 4.78 is 39.2. The van der Waals surface area contributed by atoms with E-state index in [2.05, 4.69) is 31.5 Å². The van der Waals surface area contributed by atoms with E-state index in [1.807, 2.05) is 26.0 Å². The van der Waals surface area contributed by atoms with Crippen LogP contribution in [0.25, 0.3) is 22.9 Å². The van der Waals surface area contributed by atoms with Crippen LogP contribution in [0.2, 0.25) is 0 Å². The molecule has 13 nitrogen and oxygen atoms in total. The SMILES string of the molecule is C=CC(=O)OC(=O)/C=C/c1ccc2c(c1)n(-c1ccnc(Nc3cc(N)c(N(C)CCN(C)C)cc3OC)n1)c(=O)n2CC(F)F. The van der Waals surface area contributed by atoms with Gasteiger partial charge in [0.25, 0.3) is 6.43 Å². The Morgan fingerprint density at radius 1 is 1.11 bits per heavy atom. The average molecular weight is 637 g/mol. The lowest BCUT2D eigenvalue weighted by atomic mass is 10.2. The lowest BCUT2D eigenvalue weighted by Gasteiger charge is -2.24. The van der Waals surface area contributed by atoms with E-state index >= 15 is 0 Å². The van der Waals surface area contributed by atoms with Crippen LogP contribution in [-0.2, 0) is 20.9 Å². The van der Waals surface area contributed by atoms with Crippen molar-refractivity contribution in [1.82, 2.24) is 24.0 Å². The first-order valence-electron chi connectivity index (χ1n) is 13.9. The summed E-state index contributed by atoms with van der Waals surface area (Å²) in [5.41, 5.74) is 8.19. The van der Waals surface area contributed by atoms with Crippen LogP contribution in [0.4, 0.5) is 31.8 Å². The number of carbonyl (C=O) groups is 2. The summed E-state index contributed by atoms with van der Waals surface area (Å²) in [6.45, 7) is 3.92. The molecule has 4 aromatic rings. The molecule has 46 heavy (non-hydrogen) atoms. The highest BCUT2D eigenvalue weighted by atomic mass is 19.3. The van der Waals surface area contributed by atoms with E-state index in [1.165, 1.54) is 43.6 Å². The summed E-state index contributed by atoms with van der Waals surface area (Å²) in [7, 11) is 7.40. The Labute approximate surface area is 263 Å².